The minimum atomic E-state index is -0.472. The van der Waals surface area contributed by atoms with Gasteiger partial charge in [-0.1, -0.05) is 31.2 Å². The Morgan fingerprint density at radius 2 is 1.86 bits per heavy atom. The number of carbonyl (C=O) groups excluding carboxylic acids is 1. The molecule has 0 aliphatic carbocycles. The topological polar surface area (TPSA) is 72.2 Å². The first-order chi connectivity index (χ1) is 10.5. The number of hydrogen-bond acceptors (Lipinski definition) is 4. The summed E-state index contributed by atoms with van der Waals surface area (Å²) < 4.78 is 0. The highest BCUT2D eigenvalue weighted by Gasteiger charge is 2.16. The number of nitrogens with one attached hydrogen (secondary N) is 1. The first-order valence-electron chi connectivity index (χ1n) is 7.13. The van der Waals surface area contributed by atoms with Crippen molar-refractivity contribution >= 4 is 17.2 Å². The number of nitrogens with zero attached hydrogens (tertiary/aromatic N) is 1. The smallest absolute Gasteiger partial charge is 0.293 e. The lowest BCUT2D eigenvalue weighted by Crippen LogP contribution is -2.06. The Balaban J connectivity index is 2.26. The molecule has 22 heavy (non-hydrogen) atoms. The number of hydrogen-bond donors (Lipinski definition) is 1. The number of aryl methyl sites for hydroxylation is 1. The van der Waals surface area contributed by atoms with Gasteiger partial charge in [0.1, 0.15) is 5.69 Å². The maximum atomic E-state index is 11.4. The molecule has 0 heterocycles. The number of anilines is 1. The molecule has 5 heteroatoms. The summed E-state index contributed by atoms with van der Waals surface area (Å²) in [6.45, 7) is 3.97. The lowest BCUT2D eigenvalue weighted by atomic mass is 10.0. The van der Waals surface area contributed by atoms with Crippen LogP contribution in [0.4, 0.5) is 11.4 Å². The molecule has 0 spiro atoms. The van der Waals surface area contributed by atoms with Gasteiger partial charge in [0.15, 0.2) is 5.78 Å². The van der Waals surface area contributed by atoms with Crippen molar-refractivity contribution in [3.63, 3.8) is 0 Å². The molecule has 0 fully saturated rings. The van der Waals surface area contributed by atoms with E-state index in [9.17, 15) is 14.9 Å². The van der Waals surface area contributed by atoms with Gasteiger partial charge >= 0.3 is 0 Å². The average molecular weight is 298 g/mol. The predicted molar refractivity (Wildman–Crippen MR) is 86.2 cm³/mol. The second-order valence-electron chi connectivity index (χ2n) is 5.02. The number of carbonyl (C=O) groups is 1. The average Bonchev–Trinajstić information content (AvgIpc) is 2.52. The predicted octanol–water partition coefficient (Wildman–Crippen LogP) is 3.97. The summed E-state index contributed by atoms with van der Waals surface area (Å²) in [6.07, 6.45) is 0.906. The van der Waals surface area contributed by atoms with E-state index in [1.165, 1.54) is 18.6 Å². The summed E-state index contributed by atoms with van der Waals surface area (Å²) >= 11 is 0. The lowest BCUT2D eigenvalue weighted by molar-refractivity contribution is -0.384. The molecule has 0 amide bonds. The van der Waals surface area contributed by atoms with Gasteiger partial charge in [0.2, 0.25) is 0 Å². The Hall–Kier alpha value is -2.69. The highest BCUT2D eigenvalue weighted by molar-refractivity contribution is 5.95. The number of nitro groups is 1. The molecule has 0 saturated heterocycles. The van der Waals surface area contributed by atoms with Crippen LogP contribution < -0.4 is 5.32 Å². The fourth-order valence-corrected chi connectivity index (χ4v) is 2.32. The third kappa shape index (κ3) is 3.49. The van der Waals surface area contributed by atoms with Crippen molar-refractivity contribution in [2.24, 2.45) is 0 Å². The van der Waals surface area contributed by atoms with Crippen LogP contribution in [-0.4, -0.2) is 10.7 Å². The zero-order valence-electron chi connectivity index (χ0n) is 12.6. The van der Waals surface area contributed by atoms with Gasteiger partial charge in [-0.25, -0.2) is 0 Å². The van der Waals surface area contributed by atoms with Gasteiger partial charge in [-0.2, -0.15) is 0 Å². The summed E-state index contributed by atoms with van der Waals surface area (Å²) in [5.74, 6) is -0.189. The molecule has 0 unspecified atom stereocenters. The van der Waals surface area contributed by atoms with E-state index in [-0.39, 0.29) is 11.5 Å². The van der Waals surface area contributed by atoms with Crippen molar-refractivity contribution in [3.8, 4) is 0 Å². The second-order valence-corrected chi connectivity index (χ2v) is 5.02. The molecule has 0 aliphatic heterocycles. The zero-order valence-corrected chi connectivity index (χ0v) is 12.6. The van der Waals surface area contributed by atoms with Crippen molar-refractivity contribution in [2.75, 3.05) is 5.32 Å². The molecule has 0 radical (unpaired) electrons. The number of nitro benzene ring substituents is 1. The van der Waals surface area contributed by atoms with Gasteiger partial charge in [-0.05, 0) is 36.6 Å². The SMILES string of the molecule is CCc1ccccc1CNc1ccc(C(C)=O)cc1[N+](=O)[O-]. The second kappa shape index (κ2) is 6.85. The summed E-state index contributed by atoms with van der Waals surface area (Å²) in [7, 11) is 0. The quantitative estimate of drug-likeness (QED) is 0.497. The molecule has 0 aromatic heterocycles. The molecule has 2 aromatic carbocycles. The van der Waals surface area contributed by atoms with Gasteiger partial charge in [0.05, 0.1) is 4.92 Å². The number of ketones is 1. The molecule has 0 saturated carbocycles. The first kappa shape index (κ1) is 15.7. The highest BCUT2D eigenvalue weighted by Crippen LogP contribution is 2.26. The van der Waals surface area contributed by atoms with Gasteiger partial charge in [0, 0.05) is 18.2 Å². The molecular formula is C17H18N2O3. The molecular weight excluding hydrogens is 280 g/mol. The van der Waals surface area contributed by atoms with Gasteiger partial charge in [-0.15, -0.1) is 0 Å². The van der Waals surface area contributed by atoms with E-state index >= 15 is 0 Å². The van der Waals surface area contributed by atoms with E-state index in [0.717, 1.165) is 12.0 Å². The van der Waals surface area contributed by atoms with Crippen LogP contribution in [-0.2, 0) is 13.0 Å². The van der Waals surface area contributed by atoms with Crippen LogP contribution in [0.25, 0.3) is 0 Å². The van der Waals surface area contributed by atoms with Crippen molar-refractivity contribution in [1.29, 1.82) is 0 Å². The molecule has 114 valence electrons. The van der Waals surface area contributed by atoms with Crippen LogP contribution in [0.15, 0.2) is 42.5 Å². The third-order valence-corrected chi connectivity index (χ3v) is 3.57. The summed E-state index contributed by atoms with van der Waals surface area (Å²) in [4.78, 5) is 22.1. The van der Waals surface area contributed by atoms with Crippen molar-refractivity contribution < 1.29 is 9.72 Å². The van der Waals surface area contributed by atoms with E-state index in [1.54, 1.807) is 12.1 Å². The fraction of sp³-hybridized carbons (Fsp3) is 0.235. The standard InChI is InChI=1S/C17H18N2O3/c1-3-13-6-4-5-7-15(13)11-18-16-9-8-14(12(2)20)10-17(16)19(21)22/h4-10,18H,3,11H2,1-2H3. The molecule has 2 rings (SSSR count). The number of Topliss-reactive ketones (excluding diaryl/α,β-unsaturated/α-hetero) is 1. The van der Waals surface area contributed by atoms with Crippen LogP contribution in [0.3, 0.4) is 0 Å². The van der Waals surface area contributed by atoms with E-state index in [1.807, 2.05) is 24.3 Å². The van der Waals surface area contributed by atoms with E-state index < -0.39 is 4.92 Å². The van der Waals surface area contributed by atoms with Crippen molar-refractivity contribution in [1.82, 2.24) is 0 Å². The maximum absolute atomic E-state index is 11.4. The molecule has 0 bridgehead atoms. The van der Waals surface area contributed by atoms with Crippen LogP contribution >= 0.6 is 0 Å². The molecule has 0 aliphatic rings. The summed E-state index contributed by atoms with van der Waals surface area (Å²) in [5, 5.41) is 14.3. The first-order valence-corrected chi connectivity index (χ1v) is 7.13. The van der Waals surface area contributed by atoms with Gasteiger partial charge < -0.3 is 5.32 Å². The lowest BCUT2D eigenvalue weighted by Gasteiger charge is -2.11. The van der Waals surface area contributed by atoms with Crippen molar-refractivity contribution in [2.45, 2.75) is 26.8 Å². The minimum Gasteiger partial charge on any atom is -0.375 e. The van der Waals surface area contributed by atoms with Gasteiger partial charge in [0.25, 0.3) is 5.69 Å². The van der Waals surface area contributed by atoms with Crippen molar-refractivity contribution in [3.05, 3.63) is 69.3 Å². The Kier molecular flexibility index (Phi) is 4.88. The number of rotatable bonds is 6. The van der Waals surface area contributed by atoms with Crippen LogP contribution in [0.1, 0.15) is 35.3 Å². The Bertz CT molecular complexity index is 711. The molecule has 2 aromatic rings. The van der Waals surface area contributed by atoms with Gasteiger partial charge in [-0.3, -0.25) is 14.9 Å². The Morgan fingerprint density at radius 1 is 1.18 bits per heavy atom. The number of benzene rings is 2. The van der Waals surface area contributed by atoms with Crippen LogP contribution in [0.5, 0.6) is 0 Å². The van der Waals surface area contributed by atoms with E-state index in [0.29, 0.717) is 17.8 Å². The molecule has 0 atom stereocenters. The Morgan fingerprint density at radius 3 is 2.45 bits per heavy atom. The normalized spacial score (nSPS) is 10.3. The van der Waals surface area contributed by atoms with E-state index in [2.05, 4.69) is 12.2 Å². The summed E-state index contributed by atoms with van der Waals surface area (Å²) in [5.41, 5.74) is 2.99. The van der Waals surface area contributed by atoms with Crippen LogP contribution in [0, 0.1) is 10.1 Å². The Labute approximate surface area is 129 Å². The van der Waals surface area contributed by atoms with Crippen LogP contribution in [0.2, 0.25) is 0 Å². The molecule has 5 nitrogen and oxygen atoms in total. The third-order valence-electron chi connectivity index (χ3n) is 3.57. The van der Waals surface area contributed by atoms with E-state index in [4.69, 9.17) is 0 Å². The zero-order chi connectivity index (χ0) is 16.1. The monoisotopic (exact) mass is 298 g/mol. The summed E-state index contributed by atoms with van der Waals surface area (Å²) in [6, 6.07) is 12.5. The minimum absolute atomic E-state index is 0.0818. The molecule has 1 N–H and O–H groups in total. The largest absolute Gasteiger partial charge is 0.375 e. The maximum Gasteiger partial charge on any atom is 0.293 e. The fourth-order valence-electron chi connectivity index (χ4n) is 2.32. The highest BCUT2D eigenvalue weighted by atomic mass is 16.6.